The summed E-state index contributed by atoms with van der Waals surface area (Å²) >= 11 is 0. The van der Waals surface area contributed by atoms with E-state index in [9.17, 15) is 14.7 Å². The molecule has 4 heteroatoms. The van der Waals surface area contributed by atoms with Crippen molar-refractivity contribution in [3.8, 4) is 22.6 Å². The van der Waals surface area contributed by atoms with Gasteiger partial charge in [-0.3, -0.25) is 4.79 Å². The molecule has 1 N–H and O–H groups in total. The van der Waals surface area contributed by atoms with Crippen LogP contribution in [0, 0.1) is 27.7 Å². The first-order valence-corrected chi connectivity index (χ1v) is 12.3. The Hall–Kier alpha value is -4.18. The zero-order chi connectivity index (χ0) is 26.9. The second kappa shape index (κ2) is 10.1. The van der Waals surface area contributed by atoms with Crippen LogP contribution in [-0.4, -0.2) is 17.4 Å². The predicted octanol–water partition coefficient (Wildman–Crippen LogP) is 7.65. The lowest BCUT2D eigenvalue weighted by Crippen LogP contribution is -2.20. The molecule has 188 valence electrons. The van der Waals surface area contributed by atoms with Gasteiger partial charge in [-0.15, -0.1) is 0 Å². The minimum absolute atomic E-state index is 0.265. The van der Waals surface area contributed by atoms with Crippen LogP contribution < -0.4 is 4.74 Å². The summed E-state index contributed by atoms with van der Waals surface area (Å²) in [4.78, 5) is 24.3. The summed E-state index contributed by atoms with van der Waals surface area (Å²) in [5.74, 6) is 0.380. The van der Waals surface area contributed by atoms with Gasteiger partial charge >= 0.3 is 5.97 Å². The first-order chi connectivity index (χ1) is 17.5. The fourth-order valence-corrected chi connectivity index (χ4v) is 4.58. The van der Waals surface area contributed by atoms with Gasteiger partial charge in [0.05, 0.1) is 5.56 Å². The molecule has 0 aliphatic rings. The van der Waals surface area contributed by atoms with Crippen molar-refractivity contribution >= 4 is 12.3 Å². The van der Waals surface area contributed by atoms with E-state index in [1.807, 2.05) is 94.4 Å². The van der Waals surface area contributed by atoms with Crippen molar-refractivity contribution in [3.63, 3.8) is 0 Å². The molecule has 0 spiro atoms. The van der Waals surface area contributed by atoms with E-state index < -0.39 is 5.97 Å². The Bertz CT molecular complexity index is 1510. The molecule has 0 aliphatic carbocycles. The molecular weight excluding hydrogens is 460 g/mol. The van der Waals surface area contributed by atoms with E-state index in [4.69, 9.17) is 4.74 Å². The zero-order valence-electron chi connectivity index (χ0n) is 22.2. The number of ether oxygens (including phenoxy) is 1. The molecule has 4 rings (SSSR count). The molecule has 0 unspecified atom stereocenters. The number of hydrogen-bond acceptors (Lipinski definition) is 4. The Morgan fingerprint density at radius 3 is 1.89 bits per heavy atom. The number of rotatable bonds is 6. The van der Waals surface area contributed by atoms with Crippen molar-refractivity contribution in [1.82, 2.24) is 0 Å². The third kappa shape index (κ3) is 5.19. The van der Waals surface area contributed by atoms with Crippen molar-refractivity contribution in [1.29, 1.82) is 0 Å². The number of aryl methyl sites for hydroxylation is 4. The molecule has 0 saturated carbocycles. The smallest absolute Gasteiger partial charge is 0.343 e. The first kappa shape index (κ1) is 25.9. The van der Waals surface area contributed by atoms with Crippen LogP contribution in [0.2, 0.25) is 0 Å². The first-order valence-electron chi connectivity index (χ1n) is 12.3. The molecule has 0 saturated heterocycles. The van der Waals surface area contributed by atoms with Crippen LogP contribution in [0.4, 0.5) is 0 Å². The summed E-state index contributed by atoms with van der Waals surface area (Å²) in [5.41, 5.74) is 8.49. The van der Waals surface area contributed by atoms with E-state index in [0.717, 1.165) is 50.8 Å². The molecule has 0 aliphatic heterocycles. The zero-order valence-corrected chi connectivity index (χ0v) is 22.2. The van der Waals surface area contributed by atoms with Crippen LogP contribution in [0.25, 0.3) is 11.1 Å². The highest BCUT2D eigenvalue weighted by Gasteiger charge is 2.25. The van der Waals surface area contributed by atoms with Crippen molar-refractivity contribution in [2.75, 3.05) is 0 Å². The van der Waals surface area contributed by atoms with Crippen LogP contribution in [0.15, 0.2) is 72.8 Å². The fraction of sp³-hybridized carbons (Fsp3) is 0.212. The lowest BCUT2D eigenvalue weighted by atomic mass is 9.76. The molecule has 0 atom stereocenters. The van der Waals surface area contributed by atoms with E-state index in [0.29, 0.717) is 16.9 Å². The Morgan fingerprint density at radius 1 is 0.730 bits per heavy atom. The summed E-state index contributed by atoms with van der Waals surface area (Å²) in [7, 11) is 0. The van der Waals surface area contributed by atoms with Gasteiger partial charge in [-0.2, -0.15) is 0 Å². The monoisotopic (exact) mass is 492 g/mol. The Labute approximate surface area is 218 Å². The number of carbonyl (C=O) groups excluding carboxylic acids is 2. The molecule has 0 heterocycles. The summed E-state index contributed by atoms with van der Waals surface area (Å²) in [6.45, 7) is 11.9. The Kier molecular flexibility index (Phi) is 7.04. The number of phenolic OH excluding ortho intramolecular Hbond substituents is 1. The Balaban J connectivity index is 1.56. The van der Waals surface area contributed by atoms with Gasteiger partial charge in [-0.05, 0) is 103 Å². The second-order valence-corrected chi connectivity index (χ2v) is 10.2. The molecule has 37 heavy (non-hydrogen) atoms. The summed E-state index contributed by atoms with van der Waals surface area (Å²) < 4.78 is 5.79. The lowest BCUT2D eigenvalue weighted by molar-refractivity contribution is 0.0732. The largest absolute Gasteiger partial charge is 0.508 e. The summed E-state index contributed by atoms with van der Waals surface area (Å²) in [6.07, 6.45) is 0.875. The number of aldehydes is 1. The number of hydrogen-bond donors (Lipinski definition) is 1. The number of benzene rings is 4. The van der Waals surface area contributed by atoms with Gasteiger partial charge in [-0.1, -0.05) is 56.3 Å². The number of phenols is 1. The normalized spacial score (nSPS) is 11.3. The van der Waals surface area contributed by atoms with Gasteiger partial charge in [0.2, 0.25) is 0 Å². The third-order valence-electron chi connectivity index (χ3n) is 7.19. The van der Waals surface area contributed by atoms with Gasteiger partial charge in [0, 0.05) is 11.0 Å². The number of esters is 1. The van der Waals surface area contributed by atoms with Crippen LogP contribution in [-0.2, 0) is 5.41 Å². The summed E-state index contributed by atoms with van der Waals surface area (Å²) in [6, 6.07) is 22.9. The number of aromatic hydroxyl groups is 1. The fourth-order valence-electron chi connectivity index (χ4n) is 4.58. The standard InChI is InChI=1S/C33H32O4/c1-20-17-27(10-7-26(20)19-34)33(5,6)28-11-12-29(21(2)18-28)32(36)37-31-14-9-25(16-23(31)4)24-8-13-30(35)22(3)15-24/h7-19,35H,1-6H3. The molecule has 0 aromatic heterocycles. The van der Waals surface area contributed by atoms with Gasteiger partial charge < -0.3 is 9.84 Å². The average molecular weight is 493 g/mol. The maximum absolute atomic E-state index is 13.1. The summed E-state index contributed by atoms with van der Waals surface area (Å²) in [5, 5.41) is 9.80. The molecule has 0 radical (unpaired) electrons. The van der Waals surface area contributed by atoms with E-state index in [2.05, 4.69) is 13.8 Å². The van der Waals surface area contributed by atoms with Crippen LogP contribution in [0.5, 0.6) is 11.5 Å². The predicted molar refractivity (Wildman–Crippen MR) is 148 cm³/mol. The van der Waals surface area contributed by atoms with Crippen molar-refractivity contribution in [3.05, 3.63) is 117 Å². The van der Waals surface area contributed by atoms with Crippen molar-refractivity contribution < 1.29 is 19.4 Å². The van der Waals surface area contributed by atoms with Crippen LogP contribution in [0.1, 0.15) is 67.9 Å². The second-order valence-electron chi connectivity index (χ2n) is 10.2. The molecule has 4 aromatic rings. The molecule has 4 aromatic carbocycles. The quantitative estimate of drug-likeness (QED) is 0.171. The van der Waals surface area contributed by atoms with Crippen LogP contribution in [0.3, 0.4) is 0 Å². The highest BCUT2D eigenvalue weighted by Crippen LogP contribution is 2.34. The number of carbonyl (C=O) groups is 2. The molecule has 4 nitrogen and oxygen atoms in total. The van der Waals surface area contributed by atoms with E-state index in [-0.39, 0.29) is 11.2 Å². The Morgan fingerprint density at radius 2 is 1.32 bits per heavy atom. The van der Waals surface area contributed by atoms with E-state index >= 15 is 0 Å². The van der Waals surface area contributed by atoms with Crippen molar-refractivity contribution in [2.24, 2.45) is 0 Å². The minimum Gasteiger partial charge on any atom is -0.508 e. The van der Waals surface area contributed by atoms with Gasteiger partial charge in [0.1, 0.15) is 17.8 Å². The van der Waals surface area contributed by atoms with Crippen LogP contribution >= 0.6 is 0 Å². The lowest BCUT2D eigenvalue weighted by Gasteiger charge is -2.27. The van der Waals surface area contributed by atoms with E-state index in [1.54, 1.807) is 6.07 Å². The molecule has 0 fully saturated rings. The van der Waals surface area contributed by atoms with Crippen molar-refractivity contribution in [2.45, 2.75) is 47.0 Å². The van der Waals surface area contributed by atoms with Gasteiger partial charge in [0.25, 0.3) is 0 Å². The van der Waals surface area contributed by atoms with E-state index in [1.165, 1.54) is 0 Å². The molecule has 0 bridgehead atoms. The highest BCUT2D eigenvalue weighted by molar-refractivity contribution is 5.93. The molecule has 0 amide bonds. The van der Waals surface area contributed by atoms with Gasteiger partial charge in [0.15, 0.2) is 0 Å². The SMILES string of the molecule is Cc1cc(-c2ccc(OC(=O)c3ccc(C(C)(C)c4ccc(C=O)c(C)c4)cc3C)c(C)c2)ccc1O. The maximum Gasteiger partial charge on any atom is 0.343 e. The maximum atomic E-state index is 13.1. The van der Waals surface area contributed by atoms with Gasteiger partial charge in [-0.25, -0.2) is 4.79 Å². The minimum atomic E-state index is -0.399. The topological polar surface area (TPSA) is 63.6 Å². The average Bonchev–Trinajstić information content (AvgIpc) is 2.86. The molecular formula is C33H32O4. The highest BCUT2D eigenvalue weighted by atomic mass is 16.5. The third-order valence-corrected chi connectivity index (χ3v) is 7.19.